The van der Waals surface area contributed by atoms with Gasteiger partial charge in [-0.25, -0.2) is 4.79 Å². The number of amides is 1. The number of methoxy groups -OCH3 is 1. The summed E-state index contributed by atoms with van der Waals surface area (Å²) in [5.41, 5.74) is 1.34. The summed E-state index contributed by atoms with van der Waals surface area (Å²) in [7, 11) is 1.44. The fraction of sp³-hybridized carbons (Fsp3) is 0.217. The maximum Gasteiger partial charge on any atom is 0.573 e. The number of rotatable bonds is 6. The van der Waals surface area contributed by atoms with E-state index in [2.05, 4.69) is 31.0 Å². The minimum atomic E-state index is -4.80. The molecule has 0 atom stereocenters. The fourth-order valence-electron chi connectivity index (χ4n) is 3.75. The van der Waals surface area contributed by atoms with Gasteiger partial charge in [0.15, 0.2) is 11.3 Å². The lowest BCUT2D eigenvalue weighted by atomic mass is 10.1. The molecule has 2 N–H and O–H groups in total. The summed E-state index contributed by atoms with van der Waals surface area (Å²) in [4.78, 5) is 28.2. The quantitative estimate of drug-likeness (QED) is 0.328. The Morgan fingerprint density at radius 1 is 1.21 bits per heavy atom. The number of ether oxygens (including phenoxy) is 2. The molecule has 2 aromatic carbocycles. The van der Waals surface area contributed by atoms with Gasteiger partial charge in [0.2, 0.25) is 0 Å². The van der Waals surface area contributed by atoms with Gasteiger partial charge in [-0.2, -0.15) is 0 Å². The van der Waals surface area contributed by atoms with E-state index in [0.29, 0.717) is 32.9 Å². The first-order valence-electron chi connectivity index (χ1n) is 10.0. The normalized spacial score (nSPS) is 11.7. The third-order valence-corrected chi connectivity index (χ3v) is 5.67. The van der Waals surface area contributed by atoms with E-state index in [1.165, 1.54) is 31.4 Å². The van der Waals surface area contributed by atoms with Crippen molar-refractivity contribution in [2.45, 2.75) is 19.7 Å². The zero-order valence-corrected chi connectivity index (χ0v) is 19.5. The zero-order valence-electron chi connectivity index (χ0n) is 17.9. The summed E-state index contributed by atoms with van der Waals surface area (Å²) < 4.78 is 52.9. The molecule has 4 rings (SSSR count). The number of fused-ring (bicyclic) bond motifs is 2. The average Bonchev–Trinajstić information content (AvgIpc) is 3.06. The Labute approximate surface area is 199 Å². The maximum atomic E-state index is 12.7. The summed E-state index contributed by atoms with van der Waals surface area (Å²) in [6.07, 6.45) is -4.49. The standard InChI is InChI=1S/C23H18BrF3N2O5/c1-11-15(16-10-14(34-23(25,26)27)3-4-18(16)29-11)5-6-28-21(30)17-8-12-7-13(24)9-19(32-2)20(12)33-22(17)31/h3-4,7-10,29H,5-6H2,1-2H3,(H,28,30). The Morgan fingerprint density at radius 2 is 1.97 bits per heavy atom. The molecule has 0 saturated heterocycles. The number of benzene rings is 2. The van der Waals surface area contributed by atoms with E-state index in [-0.39, 0.29) is 23.4 Å². The van der Waals surface area contributed by atoms with Gasteiger partial charge < -0.3 is 24.2 Å². The van der Waals surface area contributed by atoms with Gasteiger partial charge in [-0.1, -0.05) is 15.9 Å². The van der Waals surface area contributed by atoms with Crippen molar-refractivity contribution in [3.05, 3.63) is 68.1 Å². The van der Waals surface area contributed by atoms with Crippen LogP contribution in [0.1, 0.15) is 21.6 Å². The van der Waals surface area contributed by atoms with Crippen LogP contribution in [0.5, 0.6) is 11.5 Å². The third kappa shape index (κ3) is 4.89. The highest BCUT2D eigenvalue weighted by molar-refractivity contribution is 9.10. The van der Waals surface area contributed by atoms with Crippen molar-refractivity contribution in [2.75, 3.05) is 13.7 Å². The smallest absolute Gasteiger partial charge is 0.493 e. The Bertz CT molecular complexity index is 1460. The predicted octanol–water partition coefficient (Wildman–Crippen LogP) is 5.22. The number of hydrogen-bond donors (Lipinski definition) is 2. The van der Waals surface area contributed by atoms with E-state index < -0.39 is 17.9 Å². The zero-order chi connectivity index (χ0) is 24.6. The highest BCUT2D eigenvalue weighted by Crippen LogP contribution is 2.31. The first kappa shape index (κ1) is 23.7. The van der Waals surface area contributed by atoms with Gasteiger partial charge in [0.1, 0.15) is 11.3 Å². The first-order valence-corrected chi connectivity index (χ1v) is 10.8. The summed E-state index contributed by atoms with van der Waals surface area (Å²) in [5.74, 6) is -0.620. The van der Waals surface area contributed by atoms with E-state index in [9.17, 15) is 22.8 Å². The van der Waals surface area contributed by atoms with Crippen LogP contribution in [0.2, 0.25) is 0 Å². The summed E-state index contributed by atoms with van der Waals surface area (Å²) in [6, 6.07) is 8.77. The SMILES string of the molecule is COc1cc(Br)cc2cc(C(=O)NCCc3c(C)[nH]c4ccc(OC(F)(F)F)cc34)c(=O)oc12. The van der Waals surface area contributed by atoms with E-state index in [1.54, 1.807) is 19.1 Å². The molecule has 0 aliphatic carbocycles. The number of aryl methyl sites for hydroxylation is 1. The van der Waals surface area contributed by atoms with Gasteiger partial charge in [-0.3, -0.25) is 4.79 Å². The minimum Gasteiger partial charge on any atom is -0.493 e. The summed E-state index contributed by atoms with van der Waals surface area (Å²) >= 11 is 3.34. The van der Waals surface area contributed by atoms with Crippen LogP contribution in [0.15, 0.2) is 50.1 Å². The topological polar surface area (TPSA) is 93.6 Å². The highest BCUT2D eigenvalue weighted by Gasteiger charge is 2.31. The van der Waals surface area contributed by atoms with Crippen molar-refractivity contribution in [1.82, 2.24) is 10.3 Å². The fourth-order valence-corrected chi connectivity index (χ4v) is 4.21. The third-order valence-electron chi connectivity index (χ3n) is 5.21. The molecule has 0 saturated carbocycles. The second-order valence-corrected chi connectivity index (χ2v) is 8.38. The first-order chi connectivity index (χ1) is 16.1. The van der Waals surface area contributed by atoms with Crippen molar-refractivity contribution in [2.24, 2.45) is 0 Å². The highest BCUT2D eigenvalue weighted by atomic mass is 79.9. The van der Waals surface area contributed by atoms with Crippen LogP contribution in [-0.2, 0) is 6.42 Å². The monoisotopic (exact) mass is 538 g/mol. The number of halogens is 4. The molecule has 4 aromatic rings. The van der Waals surface area contributed by atoms with Crippen molar-refractivity contribution >= 4 is 43.7 Å². The largest absolute Gasteiger partial charge is 0.573 e. The predicted molar refractivity (Wildman–Crippen MR) is 122 cm³/mol. The Morgan fingerprint density at radius 3 is 2.68 bits per heavy atom. The molecule has 1 amide bonds. The van der Waals surface area contributed by atoms with Crippen LogP contribution in [0.3, 0.4) is 0 Å². The van der Waals surface area contributed by atoms with Crippen LogP contribution in [-0.4, -0.2) is 30.9 Å². The Kier molecular flexibility index (Phi) is 6.30. The maximum absolute atomic E-state index is 12.7. The van der Waals surface area contributed by atoms with Crippen LogP contribution in [0, 0.1) is 6.92 Å². The second-order valence-electron chi connectivity index (χ2n) is 7.46. The lowest BCUT2D eigenvalue weighted by Crippen LogP contribution is -2.30. The number of H-pyrrole nitrogens is 1. The molecular weight excluding hydrogens is 521 g/mol. The molecule has 2 aromatic heterocycles. The minimum absolute atomic E-state index is 0.135. The molecular formula is C23H18BrF3N2O5. The van der Waals surface area contributed by atoms with Crippen molar-refractivity contribution in [3.63, 3.8) is 0 Å². The Hall–Kier alpha value is -3.47. The number of hydrogen-bond acceptors (Lipinski definition) is 5. The van der Waals surface area contributed by atoms with Gasteiger partial charge >= 0.3 is 12.0 Å². The molecule has 0 fully saturated rings. The molecule has 0 aliphatic rings. The number of nitrogens with one attached hydrogen (secondary N) is 2. The van der Waals surface area contributed by atoms with Gasteiger partial charge in [-0.05, 0) is 55.3 Å². The molecule has 11 heteroatoms. The van der Waals surface area contributed by atoms with E-state index in [1.807, 2.05) is 0 Å². The molecule has 0 bridgehead atoms. The van der Waals surface area contributed by atoms with Crippen molar-refractivity contribution in [1.29, 1.82) is 0 Å². The van der Waals surface area contributed by atoms with Crippen molar-refractivity contribution in [3.8, 4) is 11.5 Å². The number of aromatic amines is 1. The lowest BCUT2D eigenvalue weighted by molar-refractivity contribution is -0.274. The summed E-state index contributed by atoms with van der Waals surface area (Å²) in [5, 5.41) is 3.72. The van der Waals surface area contributed by atoms with E-state index >= 15 is 0 Å². The van der Waals surface area contributed by atoms with Gasteiger partial charge in [0, 0.05) is 33.0 Å². The number of carbonyl (C=O) groups is 1. The molecule has 2 heterocycles. The molecule has 178 valence electrons. The van der Waals surface area contributed by atoms with Crippen LogP contribution in [0.4, 0.5) is 13.2 Å². The van der Waals surface area contributed by atoms with Crippen LogP contribution >= 0.6 is 15.9 Å². The van der Waals surface area contributed by atoms with Gasteiger partial charge in [0.25, 0.3) is 5.91 Å². The Balaban J connectivity index is 1.53. The molecule has 0 spiro atoms. The van der Waals surface area contributed by atoms with E-state index in [4.69, 9.17) is 9.15 Å². The summed E-state index contributed by atoms with van der Waals surface area (Å²) in [6.45, 7) is 1.92. The average molecular weight is 539 g/mol. The molecule has 0 unspecified atom stereocenters. The van der Waals surface area contributed by atoms with Crippen LogP contribution in [0.25, 0.3) is 21.9 Å². The lowest BCUT2D eigenvalue weighted by Gasteiger charge is -2.09. The molecule has 0 radical (unpaired) electrons. The molecule has 7 nitrogen and oxygen atoms in total. The van der Waals surface area contributed by atoms with E-state index in [0.717, 1.165) is 11.3 Å². The molecule has 0 aliphatic heterocycles. The van der Waals surface area contributed by atoms with Crippen LogP contribution < -0.4 is 20.4 Å². The number of carbonyl (C=O) groups excluding carboxylic acids is 1. The number of aromatic nitrogens is 1. The second kappa shape index (κ2) is 9.05. The van der Waals surface area contributed by atoms with Gasteiger partial charge in [-0.15, -0.1) is 13.2 Å². The van der Waals surface area contributed by atoms with Gasteiger partial charge in [0.05, 0.1) is 7.11 Å². The van der Waals surface area contributed by atoms with Crippen molar-refractivity contribution < 1.29 is 31.9 Å². The number of alkyl halides is 3. The molecule has 34 heavy (non-hydrogen) atoms.